The number of halogens is 1. The Kier molecular flexibility index (Phi) is 6.68. The minimum absolute atomic E-state index is 0.0119. The number of aromatic nitrogens is 2. The van der Waals surface area contributed by atoms with Crippen LogP contribution in [0.5, 0.6) is 0 Å². The van der Waals surface area contributed by atoms with Crippen LogP contribution in [-0.4, -0.2) is 45.7 Å². The Labute approximate surface area is 158 Å². The minimum Gasteiger partial charge on any atom is -0.353 e. The second-order valence-corrected chi connectivity index (χ2v) is 7.52. The Morgan fingerprint density at radius 1 is 1.27 bits per heavy atom. The molecule has 0 radical (unpaired) electrons. The van der Waals surface area contributed by atoms with Gasteiger partial charge in [0, 0.05) is 26.0 Å². The fourth-order valence-electron chi connectivity index (χ4n) is 3.26. The van der Waals surface area contributed by atoms with Gasteiger partial charge in [0.1, 0.15) is 5.82 Å². The van der Waals surface area contributed by atoms with E-state index >= 15 is 0 Å². The number of amides is 1. The van der Waals surface area contributed by atoms with Crippen molar-refractivity contribution in [2.45, 2.75) is 30.5 Å². The van der Waals surface area contributed by atoms with Crippen LogP contribution >= 0.6 is 11.8 Å². The average Bonchev–Trinajstić information content (AvgIpc) is 3.07. The van der Waals surface area contributed by atoms with Crippen molar-refractivity contribution in [3.63, 3.8) is 0 Å². The number of nitrogens with one attached hydrogen (secondary N) is 1. The number of carbonyl (C=O) groups is 1. The van der Waals surface area contributed by atoms with Gasteiger partial charge in [0.2, 0.25) is 5.91 Å². The van der Waals surface area contributed by atoms with Gasteiger partial charge in [-0.1, -0.05) is 30.3 Å². The third kappa shape index (κ3) is 5.08. The molecule has 3 rings (SSSR count). The molecular formula is C19H25FN4OS. The molecule has 1 aromatic heterocycles. The fraction of sp³-hybridized carbons (Fsp3) is 0.474. The summed E-state index contributed by atoms with van der Waals surface area (Å²) < 4.78 is 15.2. The van der Waals surface area contributed by atoms with E-state index in [4.69, 9.17) is 0 Å². The number of carbonyl (C=O) groups excluding carboxylic acids is 1. The molecule has 140 valence electrons. The quantitative estimate of drug-likeness (QED) is 0.755. The van der Waals surface area contributed by atoms with Gasteiger partial charge in [-0.3, -0.25) is 9.69 Å². The van der Waals surface area contributed by atoms with Crippen molar-refractivity contribution in [2.75, 3.05) is 25.4 Å². The largest absolute Gasteiger partial charge is 0.353 e. The van der Waals surface area contributed by atoms with Gasteiger partial charge in [-0.25, -0.2) is 9.37 Å². The third-order valence-corrected chi connectivity index (χ3v) is 5.75. The molecule has 1 N–H and O–H groups in total. The molecule has 5 nitrogen and oxygen atoms in total. The number of hydrogen-bond donors (Lipinski definition) is 1. The van der Waals surface area contributed by atoms with Crippen molar-refractivity contribution in [3.8, 4) is 0 Å². The number of piperidine rings is 1. The van der Waals surface area contributed by atoms with Crippen molar-refractivity contribution >= 4 is 17.7 Å². The molecule has 0 bridgehead atoms. The zero-order chi connectivity index (χ0) is 18.4. The van der Waals surface area contributed by atoms with Gasteiger partial charge in [-0.15, -0.1) is 0 Å². The number of aryl methyl sites for hydroxylation is 1. The van der Waals surface area contributed by atoms with Gasteiger partial charge < -0.3 is 9.88 Å². The normalized spacial score (nSPS) is 16.4. The Morgan fingerprint density at radius 3 is 2.65 bits per heavy atom. The molecule has 1 aliphatic rings. The molecule has 26 heavy (non-hydrogen) atoms. The van der Waals surface area contributed by atoms with Crippen molar-refractivity contribution in [1.29, 1.82) is 0 Å². The van der Waals surface area contributed by atoms with Crippen LogP contribution in [0.15, 0.2) is 41.8 Å². The van der Waals surface area contributed by atoms with Crippen LogP contribution in [-0.2, 0) is 11.8 Å². The van der Waals surface area contributed by atoms with Crippen molar-refractivity contribution in [2.24, 2.45) is 7.05 Å². The van der Waals surface area contributed by atoms with Crippen LogP contribution in [0.3, 0.4) is 0 Å². The first-order valence-corrected chi connectivity index (χ1v) is 9.98. The van der Waals surface area contributed by atoms with Gasteiger partial charge in [0.05, 0.1) is 11.8 Å². The molecule has 1 saturated heterocycles. The lowest BCUT2D eigenvalue weighted by atomic mass is 10.0. The molecule has 0 saturated carbocycles. The lowest BCUT2D eigenvalue weighted by Gasteiger charge is -2.35. The summed E-state index contributed by atoms with van der Waals surface area (Å²) in [5, 5.41) is 3.87. The topological polar surface area (TPSA) is 50.2 Å². The molecule has 1 amide bonds. The maximum absolute atomic E-state index is 13.3. The van der Waals surface area contributed by atoms with E-state index in [9.17, 15) is 9.18 Å². The van der Waals surface area contributed by atoms with E-state index in [0.717, 1.165) is 23.8 Å². The monoisotopic (exact) mass is 376 g/mol. The van der Waals surface area contributed by atoms with Crippen LogP contribution in [0, 0.1) is 5.82 Å². The molecule has 7 heteroatoms. The van der Waals surface area contributed by atoms with Crippen molar-refractivity contribution in [1.82, 2.24) is 19.8 Å². The average molecular weight is 377 g/mol. The second kappa shape index (κ2) is 9.19. The summed E-state index contributed by atoms with van der Waals surface area (Å²) in [5.74, 6) is 0.0878. The Balaban J connectivity index is 1.59. The lowest BCUT2D eigenvalue weighted by molar-refractivity contribution is -0.118. The number of rotatable bonds is 7. The van der Waals surface area contributed by atoms with E-state index in [-0.39, 0.29) is 17.8 Å². The highest BCUT2D eigenvalue weighted by atomic mass is 32.2. The zero-order valence-electron chi connectivity index (χ0n) is 15.0. The Morgan fingerprint density at radius 2 is 2.00 bits per heavy atom. The first kappa shape index (κ1) is 18.9. The van der Waals surface area contributed by atoms with Crippen LogP contribution < -0.4 is 5.32 Å². The van der Waals surface area contributed by atoms with E-state index in [2.05, 4.69) is 15.2 Å². The number of imidazole rings is 1. The van der Waals surface area contributed by atoms with Gasteiger partial charge in [-0.05, 0) is 43.6 Å². The third-order valence-electron chi connectivity index (χ3n) is 4.69. The maximum atomic E-state index is 13.3. The summed E-state index contributed by atoms with van der Waals surface area (Å²) in [6, 6.07) is 6.71. The van der Waals surface area contributed by atoms with E-state index in [0.29, 0.717) is 12.3 Å². The molecule has 1 aromatic carbocycles. The highest BCUT2D eigenvalue weighted by molar-refractivity contribution is 7.99. The molecule has 1 atom stereocenters. The predicted molar refractivity (Wildman–Crippen MR) is 102 cm³/mol. The molecule has 1 fully saturated rings. The first-order chi connectivity index (χ1) is 12.6. The zero-order valence-corrected chi connectivity index (χ0v) is 15.8. The lowest BCUT2D eigenvalue weighted by Crippen LogP contribution is -2.41. The Bertz CT molecular complexity index is 713. The molecule has 0 aliphatic carbocycles. The summed E-state index contributed by atoms with van der Waals surface area (Å²) in [7, 11) is 1.91. The van der Waals surface area contributed by atoms with Gasteiger partial charge in [0.15, 0.2) is 5.16 Å². The van der Waals surface area contributed by atoms with E-state index in [1.807, 2.05) is 29.9 Å². The second-order valence-electron chi connectivity index (χ2n) is 6.58. The fourth-order valence-corrected chi connectivity index (χ4v) is 4.02. The van der Waals surface area contributed by atoms with Crippen LogP contribution in [0.4, 0.5) is 4.39 Å². The smallest absolute Gasteiger partial charge is 0.230 e. The standard InChI is InChI=1S/C19H25FN4OS/c1-23-12-9-21-19(23)26-14-18(25)22-13-17(24-10-3-2-4-11-24)15-5-7-16(20)8-6-15/h5-9,12,17H,2-4,10-11,13-14H2,1H3,(H,22,25)/t17-/m1/s1. The first-order valence-electron chi connectivity index (χ1n) is 9.00. The molecule has 1 aliphatic heterocycles. The van der Waals surface area contributed by atoms with Crippen LogP contribution in [0.1, 0.15) is 30.9 Å². The summed E-state index contributed by atoms with van der Waals surface area (Å²) in [6.45, 7) is 2.56. The predicted octanol–water partition coefficient (Wildman–Crippen LogP) is 2.99. The van der Waals surface area contributed by atoms with E-state index < -0.39 is 0 Å². The number of benzene rings is 1. The van der Waals surface area contributed by atoms with E-state index in [1.54, 1.807) is 6.20 Å². The number of hydrogen-bond acceptors (Lipinski definition) is 4. The maximum Gasteiger partial charge on any atom is 0.230 e. The highest BCUT2D eigenvalue weighted by Crippen LogP contribution is 2.24. The van der Waals surface area contributed by atoms with Gasteiger partial charge in [-0.2, -0.15) is 0 Å². The van der Waals surface area contributed by atoms with Gasteiger partial charge >= 0.3 is 0 Å². The molecule has 2 aromatic rings. The molecule has 0 unspecified atom stereocenters. The van der Waals surface area contributed by atoms with Crippen molar-refractivity contribution < 1.29 is 9.18 Å². The molecular weight excluding hydrogens is 351 g/mol. The SMILES string of the molecule is Cn1ccnc1SCC(=O)NC[C@H](c1ccc(F)cc1)N1CCCCC1. The van der Waals surface area contributed by atoms with Crippen LogP contribution in [0.25, 0.3) is 0 Å². The van der Waals surface area contributed by atoms with Crippen molar-refractivity contribution in [3.05, 3.63) is 48.0 Å². The summed E-state index contributed by atoms with van der Waals surface area (Å²) in [6.07, 6.45) is 7.17. The molecule has 2 heterocycles. The highest BCUT2D eigenvalue weighted by Gasteiger charge is 2.23. The summed E-state index contributed by atoms with van der Waals surface area (Å²) >= 11 is 1.42. The Hall–Kier alpha value is -1.86. The number of nitrogens with zero attached hydrogens (tertiary/aromatic N) is 3. The van der Waals surface area contributed by atoms with Crippen LogP contribution in [0.2, 0.25) is 0 Å². The number of thioether (sulfide) groups is 1. The molecule has 0 spiro atoms. The summed E-state index contributed by atoms with van der Waals surface area (Å²) in [4.78, 5) is 18.9. The van der Waals surface area contributed by atoms with Gasteiger partial charge in [0.25, 0.3) is 0 Å². The minimum atomic E-state index is -0.235. The number of likely N-dealkylation sites (tertiary alicyclic amines) is 1. The van der Waals surface area contributed by atoms with E-state index in [1.165, 1.54) is 43.2 Å². The summed E-state index contributed by atoms with van der Waals surface area (Å²) in [5.41, 5.74) is 1.05.